The van der Waals surface area contributed by atoms with Crippen LogP contribution in [-0.4, -0.2) is 29.8 Å². The molecule has 1 aromatic heterocycles. The molecular formula is C12H16N2O2S. The molecule has 1 aliphatic rings. The first kappa shape index (κ1) is 12.3. The summed E-state index contributed by atoms with van der Waals surface area (Å²) < 4.78 is 0. The average Bonchev–Trinajstić information content (AvgIpc) is 2.92. The Hall–Kier alpha value is -1.20. The molecule has 2 heterocycles. The van der Waals surface area contributed by atoms with Crippen LogP contribution in [0.5, 0.6) is 0 Å². The highest BCUT2D eigenvalue weighted by atomic mass is 32.1. The van der Waals surface area contributed by atoms with Crippen molar-refractivity contribution in [2.45, 2.75) is 31.8 Å². The second kappa shape index (κ2) is 4.98. The molecule has 92 valence electrons. The van der Waals surface area contributed by atoms with Crippen LogP contribution in [0, 0.1) is 0 Å². The van der Waals surface area contributed by atoms with Gasteiger partial charge in [0.1, 0.15) is 0 Å². The first-order valence-corrected chi connectivity index (χ1v) is 6.61. The zero-order valence-electron chi connectivity index (χ0n) is 9.97. The Labute approximate surface area is 105 Å². The van der Waals surface area contributed by atoms with Gasteiger partial charge in [-0.25, -0.2) is 0 Å². The molecule has 2 amide bonds. The van der Waals surface area contributed by atoms with E-state index in [9.17, 15) is 9.59 Å². The predicted molar refractivity (Wildman–Crippen MR) is 66.7 cm³/mol. The van der Waals surface area contributed by atoms with E-state index in [1.54, 1.807) is 18.4 Å². The minimum atomic E-state index is -0.362. The number of thiophene rings is 1. The number of imide groups is 1. The van der Waals surface area contributed by atoms with E-state index in [-0.39, 0.29) is 30.3 Å². The lowest BCUT2D eigenvalue weighted by Crippen LogP contribution is -2.38. The first-order chi connectivity index (χ1) is 8.13. The van der Waals surface area contributed by atoms with Crippen molar-refractivity contribution in [1.29, 1.82) is 0 Å². The Kier molecular flexibility index (Phi) is 3.59. The van der Waals surface area contributed by atoms with Gasteiger partial charge in [0.25, 0.3) is 0 Å². The summed E-state index contributed by atoms with van der Waals surface area (Å²) in [6.07, 6.45) is 1.18. The van der Waals surface area contributed by atoms with Gasteiger partial charge >= 0.3 is 0 Å². The maximum atomic E-state index is 11.8. The van der Waals surface area contributed by atoms with Gasteiger partial charge in [0, 0.05) is 18.0 Å². The number of hydrogen-bond donors (Lipinski definition) is 1. The van der Waals surface area contributed by atoms with Crippen LogP contribution in [0.25, 0.3) is 0 Å². The molecule has 17 heavy (non-hydrogen) atoms. The SMILES string of the molecule is CCC(NC1CC(=O)N(C)C1=O)c1cccs1. The molecule has 0 saturated carbocycles. The lowest BCUT2D eigenvalue weighted by atomic mass is 10.1. The average molecular weight is 252 g/mol. The van der Waals surface area contributed by atoms with Gasteiger partial charge in [-0.15, -0.1) is 11.3 Å². The summed E-state index contributed by atoms with van der Waals surface area (Å²) in [7, 11) is 1.54. The number of amides is 2. The Bertz CT molecular complexity index is 416. The number of likely N-dealkylation sites (tertiary alicyclic amines) is 1. The number of likely N-dealkylation sites (N-methyl/N-ethyl adjacent to an activating group) is 1. The van der Waals surface area contributed by atoms with Crippen LogP contribution in [0.1, 0.15) is 30.7 Å². The van der Waals surface area contributed by atoms with Crippen LogP contribution in [-0.2, 0) is 9.59 Å². The van der Waals surface area contributed by atoms with Gasteiger partial charge in [-0.05, 0) is 17.9 Å². The third-order valence-electron chi connectivity index (χ3n) is 3.08. The molecule has 0 aromatic carbocycles. The van der Waals surface area contributed by atoms with Crippen molar-refractivity contribution in [3.8, 4) is 0 Å². The Balaban J connectivity index is 2.05. The monoisotopic (exact) mass is 252 g/mol. The van der Waals surface area contributed by atoms with Crippen molar-refractivity contribution < 1.29 is 9.59 Å². The van der Waals surface area contributed by atoms with Gasteiger partial charge in [-0.2, -0.15) is 0 Å². The molecule has 1 saturated heterocycles. The zero-order chi connectivity index (χ0) is 12.4. The van der Waals surface area contributed by atoms with Crippen LogP contribution < -0.4 is 5.32 Å². The maximum Gasteiger partial charge on any atom is 0.246 e. The van der Waals surface area contributed by atoms with Gasteiger partial charge in [-0.1, -0.05) is 13.0 Å². The molecule has 1 N–H and O–H groups in total. The van der Waals surface area contributed by atoms with Crippen LogP contribution >= 0.6 is 11.3 Å². The third-order valence-corrected chi connectivity index (χ3v) is 4.06. The highest BCUT2D eigenvalue weighted by Gasteiger charge is 2.36. The molecule has 2 unspecified atom stereocenters. The van der Waals surface area contributed by atoms with Gasteiger partial charge < -0.3 is 0 Å². The normalized spacial score (nSPS) is 22.2. The molecule has 0 radical (unpaired) electrons. The smallest absolute Gasteiger partial charge is 0.246 e. The Morgan fingerprint density at radius 2 is 2.35 bits per heavy atom. The van der Waals surface area contributed by atoms with E-state index in [2.05, 4.69) is 18.3 Å². The number of nitrogens with zero attached hydrogens (tertiary/aromatic N) is 1. The number of carbonyl (C=O) groups is 2. The summed E-state index contributed by atoms with van der Waals surface area (Å²) in [5, 5.41) is 5.30. The minimum absolute atomic E-state index is 0.103. The van der Waals surface area contributed by atoms with Crippen molar-refractivity contribution in [2.24, 2.45) is 0 Å². The van der Waals surface area contributed by atoms with Gasteiger partial charge in [0.15, 0.2) is 0 Å². The Morgan fingerprint density at radius 1 is 1.59 bits per heavy atom. The van der Waals surface area contributed by atoms with Crippen LogP contribution in [0.15, 0.2) is 17.5 Å². The summed E-state index contributed by atoms with van der Waals surface area (Å²) >= 11 is 1.67. The fraction of sp³-hybridized carbons (Fsp3) is 0.500. The predicted octanol–water partition coefficient (Wildman–Crippen LogP) is 1.55. The van der Waals surface area contributed by atoms with E-state index in [4.69, 9.17) is 0 Å². The van der Waals surface area contributed by atoms with E-state index in [0.29, 0.717) is 0 Å². The molecule has 1 fully saturated rings. The van der Waals surface area contributed by atoms with Crippen molar-refractivity contribution in [3.05, 3.63) is 22.4 Å². The summed E-state index contributed by atoms with van der Waals surface area (Å²) in [5.41, 5.74) is 0. The molecule has 1 aromatic rings. The molecular weight excluding hydrogens is 236 g/mol. The molecule has 0 bridgehead atoms. The van der Waals surface area contributed by atoms with Crippen molar-refractivity contribution in [3.63, 3.8) is 0 Å². The summed E-state index contributed by atoms with van der Waals surface area (Å²) in [5.74, 6) is -0.224. The van der Waals surface area contributed by atoms with E-state index < -0.39 is 0 Å². The van der Waals surface area contributed by atoms with E-state index in [1.807, 2.05) is 11.4 Å². The summed E-state index contributed by atoms with van der Waals surface area (Å²) in [4.78, 5) is 25.6. The number of hydrogen-bond acceptors (Lipinski definition) is 4. The maximum absolute atomic E-state index is 11.8. The van der Waals surface area contributed by atoms with Gasteiger partial charge in [0.2, 0.25) is 11.8 Å². The summed E-state index contributed by atoms with van der Waals surface area (Å²) in [6, 6.07) is 3.84. The third kappa shape index (κ3) is 2.40. The molecule has 0 aliphatic carbocycles. The zero-order valence-corrected chi connectivity index (χ0v) is 10.8. The van der Waals surface area contributed by atoms with Crippen LogP contribution in [0.4, 0.5) is 0 Å². The number of rotatable bonds is 4. The fourth-order valence-electron chi connectivity index (χ4n) is 2.02. The van der Waals surface area contributed by atoms with Crippen molar-refractivity contribution in [2.75, 3.05) is 7.05 Å². The number of nitrogens with one attached hydrogen (secondary N) is 1. The lowest BCUT2D eigenvalue weighted by molar-refractivity contribution is -0.137. The molecule has 1 aliphatic heterocycles. The van der Waals surface area contributed by atoms with Gasteiger partial charge in [-0.3, -0.25) is 19.8 Å². The van der Waals surface area contributed by atoms with E-state index >= 15 is 0 Å². The van der Waals surface area contributed by atoms with Crippen molar-refractivity contribution >= 4 is 23.2 Å². The standard InChI is InChI=1S/C12H16N2O2S/c1-3-8(10-5-4-6-17-10)13-9-7-11(15)14(2)12(9)16/h4-6,8-9,13H,3,7H2,1-2H3. The molecule has 2 rings (SSSR count). The topological polar surface area (TPSA) is 49.4 Å². The second-order valence-corrected chi connectivity index (χ2v) is 5.17. The van der Waals surface area contributed by atoms with Crippen LogP contribution in [0.2, 0.25) is 0 Å². The second-order valence-electron chi connectivity index (χ2n) is 4.19. The number of carbonyl (C=O) groups excluding carboxylic acids is 2. The molecule has 0 spiro atoms. The summed E-state index contributed by atoms with van der Waals surface area (Å²) in [6.45, 7) is 2.07. The molecule has 5 heteroatoms. The highest BCUT2D eigenvalue weighted by molar-refractivity contribution is 7.10. The lowest BCUT2D eigenvalue weighted by Gasteiger charge is -2.19. The van der Waals surface area contributed by atoms with Crippen molar-refractivity contribution in [1.82, 2.24) is 10.2 Å². The van der Waals surface area contributed by atoms with Crippen LogP contribution in [0.3, 0.4) is 0 Å². The molecule has 4 nitrogen and oxygen atoms in total. The quantitative estimate of drug-likeness (QED) is 0.827. The first-order valence-electron chi connectivity index (χ1n) is 5.73. The van der Waals surface area contributed by atoms with E-state index in [0.717, 1.165) is 6.42 Å². The fourth-order valence-corrected chi connectivity index (χ4v) is 2.89. The largest absolute Gasteiger partial charge is 0.298 e. The highest BCUT2D eigenvalue weighted by Crippen LogP contribution is 2.24. The van der Waals surface area contributed by atoms with E-state index in [1.165, 1.54) is 9.78 Å². The Morgan fingerprint density at radius 3 is 2.82 bits per heavy atom. The molecule has 2 atom stereocenters. The minimum Gasteiger partial charge on any atom is -0.298 e. The van der Waals surface area contributed by atoms with Gasteiger partial charge in [0.05, 0.1) is 12.5 Å².